The van der Waals surface area contributed by atoms with Crippen LogP contribution in [0.1, 0.15) is 36.1 Å². The highest BCUT2D eigenvalue weighted by Crippen LogP contribution is 2.25. The normalized spacial score (nSPS) is 12.5. The van der Waals surface area contributed by atoms with Crippen LogP contribution < -0.4 is 11.3 Å². The Morgan fingerprint density at radius 3 is 2.33 bits per heavy atom. The maximum absolute atomic E-state index is 5.60. The molecule has 0 heterocycles. The molecule has 0 aliphatic rings. The van der Waals surface area contributed by atoms with E-state index in [1.54, 1.807) is 0 Å². The SMILES string of the molecule is C=C(C)CC(NN)c1c(C)cccc1C. The molecule has 0 fully saturated rings. The number of rotatable bonds is 4. The summed E-state index contributed by atoms with van der Waals surface area (Å²) in [7, 11) is 0. The van der Waals surface area contributed by atoms with Crippen LogP contribution in [-0.2, 0) is 0 Å². The van der Waals surface area contributed by atoms with Crippen LogP contribution in [0.15, 0.2) is 30.4 Å². The molecular weight excluding hydrogens is 184 g/mol. The summed E-state index contributed by atoms with van der Waals surface area (Å²) < 4.78 is 0. The van der Waals surface area contributed by atoms with Gasteiger partial charge in [0.15, 0.2) is 0 Å². The Labute approximate surface area is 92.2 Å². The van der Waals surface area contributed by atoms with Gasteiger partial charge in [0.2, 0.25) is 0 Å². The van der Waals surface area contributed by atoms with Gasteiger partial charge in [-0.1, -0.05) is 23.8 Å². The van der Waals surface area contributed by atoms with Gasteiger partial charge in [-0.05, 0) is 43.9 Å². The molecule has 3 N–H and O–H groups in total. The van der Waals surface area contributed by atoms with Gasteiger partial charge in [-0.15, -0.1) is 6.58 Å². The van der Waals surface area contributed by atoms with Crippen molar-refractivity contribution < 1.29 is 0 Å². The van der Waals surface area contributed by atoms with Crippen LogP contribution in [0.4, 0.5) is 0 Å². The molecule has 0 bridgehead atoms. The fourth-order valence-corrected chi connectivity index (χ4v) is 1.97. The fraction of sp³-hybridized carbons (Fsp3) is 0.385. The summed E-state index contributed by atoms with van der Waals surface area (Å²) in [6.07, 6.45) is 0.877. The molecule has 0 aliphatic carbocycles. The van der Waals surface area contributed by atoms with Crippen molar-refractivity contribution in [3.8, 4) is 0 Å². The van der Waals surface area contributed by atoms with Crippen molar-refractivity contribution in [1.29, 1.82) is 0 Å². The lowest BCUT2D eigenvalue weighted by Crippen LogP contribution is -2.29. The molecule has 2 heteroatoms. The number of nitrogens with one attached hydrogen (secondary N) is 1. The summed E-state index contributed by atoms with van der Waals surface area (Å²) in [5, 5.41) is 0. The van der Waals surface area contributed by atoms with Gasteiger partial charge < -0.3 is 0 Å². The molecule has 1 rings (SSSR count). The van der Waals surface area contributed by atoms with Crippen LogP contribution >= 0.6 is 0 Å². The number of hydrazine groups is 1. The molecule has 2 nitrogen and oxygen atoms in total. The second-order valence-corrected chi connectivity index (χ2v) is 4.19. The molecule has 1 unspecified atom stereocenters. The minimum atomic E-state index is 0.170. The Hall–Kier alpha value is -1.12. The summed E-state index contributed by atoms with van der Waals surface area (Å²) in [4.78, 5) is 0. The van der Waals surface area contributed by atoms with E-state index < -0.39 is 0 Å². The lowest BCUT2D eigenvalue weighted by Gasteiger charge is -2.20. The van der Waals surface area contributed by atoms with Crippen LogP contribution in [0.2, 0.25) is 0 Å². The molecule has 0 aromatic heterocycles. The first kappa shape index (κ1) is 12.0. The largest absolute Gasteiger partial charge is 0.271 e. The van der Waals surface area contributed by atoms with E-state index in [1.165, 1.54) is 16.7 Å². The predicted molar refractivity (Wildman–Crippen MR) is 65.4 cm³/mol. The summed E-state index contributed by atoms with van der Waals surface area (Å²) in [6, 6.07) is 6.47. The van der Waals surface area contributed by atoms with Gasteiger partial charge in [-0.2, -0.15) is 0 Å². The highest BCUT2D eigenvalue weighted by molar-refractivity contribution is 5.36. The first-order chi connectivity index (χ1) is 7.06. The van der Waals surface area contributed by atoms with E-state index in [2.05, 4.69) is 44.1 Å². The van der Waals surface area contributed by atoms with Crippen LogP contribution in [0.3, 0.4) is 0 Å². The van der Waals surface area contributed by atoms with Gasteiger partial charge in [-0.3, -0.25) is 11.3 Å². The van der Waals surface area contributed by atoms with Crippen molar-refractivity contribution in [1.82, 2.24) is 5.43 Å². The third-order valence-corrected chi connectivity index (χ3v) is 2.64. The second kappa shape index (κ2) is 5.10. The Kier molecular flexibility index (Phi) is 4.06. The lowest BCUT2D eigenvalue weighted by molar-refractivity contribution is 0.545. The average molecular weight is 204 g/mol. The Morgan fingerprint density at radius 2 is 1.93 bits per heavy atom. The highest BCUT2D eigenvalue weighted by Gasteiger charge is 2.14. The number of nitrogens with two attached hydrogens (primary N) is 1. The minimum Gasteiger partial charge on any atom is -0.271 e. The first-order valence-corrected chi connectivity index (χ1v) is 5.23. The number of hydrogen-bond acceptors (Lipinski definition) is 2. The smallest absolute Gasteiger partial charge is 0.0502 e. The van der Waals surface area contributed by atoms with Crippen molar-refractivity contribution in [2.45, 2.75) is 33.2 Å². The number of hydrogen-bond donors (Lipinski definition) is 2. The van der Waals surface area contributed by atoms with E-state index in [4.69, 9.17) is 5.84 Å². The predicted octanol–water partition coefficient (Wildman–Crippen LogP) is 2.77. The summed E-state index contributed by atoms with van der Waals surface area (Å²) in [5.74, 6) is 5.60. The summed E-state index contributed by atoms with van der Waals surface area (Å²) in [5.41, 5.74) is 7.86. The van der Waals surface area contributed by atoms with Crippen molar-refractivity contribution >= 4 is 0 Å². The minimum absolute atomic E-state index is 0.170. The molecule has 1 atom stereocenters. The molecule has 82 valence electrons. The van der Waals surface area contributed by atoms with Crippen LogP contribution in [0.25, 0.3) is 0 Å². The van der Waals surface area contributed by atoms with Crippen molar-refractivity contribution in [2.75, 3.05) is 0 Å². The number of aryl methyl sites for hydroxylation is 2. The molecule has 1 aromatic carbocycles. The highest BCUT2D eigenvalue weighted by atomic mass is 15.2. The Balaban J connectivity index is 3.05. The van der Waals surface area contributed by atoms with Crippen LogP contribution in [0.5, 0.6) is 0 Å². The van der Waals surface area contributed by atoms with E-state index in [9.17, 15) is 0 Å². The van der Waals surface area contributed by atoms with Crippen molar-refractivity contribution in [3.63, 3.8) is 0 Å². The molecule has 0 amide bonds. The van der Waals surface area contributed by atoms with Gasteiger partial charge >= 0.3 is 0 Å². The lowest BCUT2D eigenvalue weighted by atomic mass is 9.93. The van der Waals surface area contributed by atoms with Crippen LogP contribution in [0, 0.1) is 13.8 Å². The molecule has 0 saturated carbocycles. The van der Waals surface area contributed by atoms with Gasteiger partial charge in [0.25, 0.3) is 0 Å². The van der Waals surface area contributed by atoms with Gasteiger partial charge in [0.1, 0.15) is 0 Å². The van der Waals surface area contributed by atoms with E-state index in [0.717, 1.165) is 12.0 Å². The first-order valence-electron chi connectivity index (χ1n) is 5.23. The fourth-order valence-electron chi connectivity index (χ4n) is 1.97. The molecule has 0 spiro atoms. The average Bonchev–Trinajstić information content (AvgIpc) is 2.15. The standard InChI is InChI=1S/C13H20N2/c1-9(2)8-12(15-14)13-10(3)6-5-7-11(13)4/h5-7,12,15H,1,8,14H2,2-4H3. The maximum atomic E-state index is 5.60. The quantitative estimate of drug-likeness (QED) is 0.449. The zero-order valence-corrected chi connectivity index (χ0v) is 9.80. The topological polar surface area (TPSA) is 38.0 Å². The Morgan fingerprint density at radius 1 is 1.40 bits per heavy atom. The van der Waals surface area contributed by atoms with Gasteiger partial charge in [-0.25, -0.2) is 0 Å². The number of benzene rings is 1. The third kappa shape index (κ3) is 2.91. The van der Waals surface area contributed by atoms with Crippen molar-refractivity contribution in [2.24, 2.45) is 5.84 Å². The molecule has 1 aromatic rings. The van der Waals surface area contributed by atoms with E-state index >= 15 is 0 Å². The molecule has 15 heavy (non-hydrogen) atoms. The van der Waals surface area contributed by atoms with Crippen LogP contribution in [-0.4, -0.2) is 0 Å². The van der Waals surface area contributed by atoms with Gasteiger partial charge in [0, 0.05) is 0 Å². The molecule has 0 radical (unpaired) electrons. The molecule has 0 aliphatic heterocycles. The van der Waals surface area contributed by atoms with Crippen molar-refractivity contribution in [3.05, 3.63) is 47.0 Å². The molecular formula is C13H20N2. The summed E-state index contributed by atoms with van der Waals surface area (Å²) >= 11 is 0. The second-order valence-electron chi connectivity index (χ2n) is 4.19. The monoisotopic (exact) mass is 204 g/mol. The van der Waals surface area contributed by atoms with Gasteiger partial charge in [0.05, 0.1) is 6.04 Å². The third-order valence-electron chi connectivity index (χ3n) is 2.64. The van der Waals surface area contributed by atoms with E-state index in [1.807, 2.05) is 6.92 Å². The molecule has 0 saturated heterocycles. The zero-order valence-electron chi connectivity index (χ0n) is 9.80. The van der Waals surface area contributed by atoms with E-state index in [0.29, 0.717) is 0 Å². The Bertz CT molecular complexity index is 335. The maximum Gasteiger partial charge on any atom is 0.0502 e. The zero-order chi connectivity index (χ0) is 11.4. The summed E-state index contributed by atoms with van der Waals surface area (Å²) in [6.45, 7) is 10.2. The van der Waals surface area contributed by atoms with E-state index in [-0.39, 0.29) is 6.04 Å².